The number of halogens is 1. The van der Waals surface area contributed by atoms with Gasteiger partial charge in [0.15, 0.2) is 0 Å². The van der Waals surface area contributed by atoms with Crippen LogP contribution in [0.1, 0.15) is 19.4 Å². The lowest BCUT2D eigenvalue weighted by Crippen LogP contribution is -2.34. The van der Waals surface area contributed by atoms with Crippen molar-refractivity contribution in [3.05, 3.63) is 29.6 Å². The Morgan fingerprint density at radius 3 is 2.65 bits per heavy atom. The normalized spacial score (nSPS) is 11.6. The maximum Gasteiger partial charge on any atom is 0.244 e. The molecule has 0 spiro atoms. The van der Waals surface area contributed by atoms with Crippen molar-refractivity contribution in [2.24, 2.45) is 0 Å². The second-order valence-electron chi connectivity index (χ2n) is 3.92. The molecule has 110 valence electrons. The van der Waals surface area contributed by atoms with Crippen LogP contribution >= 0.6 is 0 Å². The fraction of sp³-hybridized carbons (Fsp3) is 0.462. The van der Waals surface area contributed by atoms with Gasteiger partial charge in [0.25, 0.3) is 0 Å². The number of likely N-dealkylation sites (N-methyl/N-ethyl adjacent to an activating group) is 1. The van der Waals surface area contributed by atoms with Crippen molar-refractivity contribution in [2.45, 2.75) is 18.7 Å². The maximum absolute atomic E-state index is 13.5. The highest BCUT2D eigenvalue weighted by molar-refractivity contribution is 7.89. The van der Waals surface area contributed by atoms with Gasteiger partial charge >= 0.3 is 0 Å². The van der Waals surface area contributed by atoms with Gasteiger partial charge in [0.05, 0.1) is 6.61 Å². The predicted molar refractivity (Wildman–Crippen MR) is 72.0 cm³/mol. The number of rotatable bonds is 7. The first-order valence-corrected chi connectivity index (χ1v) is 7.69. The Bertz CT molecular complexity index is 596. The number of hydrogen-bond acceptors (Lipinski definition) is 4. The third-order valence-corrected chi connectivity index (χ3v) is 4.76. The summed E-state index contributed by atoms with van der Waals surface area (Å²) in [5, 5.41) is 8.93. The first-order chi connectivity index (χ1) is 9.48. The Morgan fingerprint density at radius 1 is 1.40 bits per heavy atom. The first-order valence-electron chi connectivity index (χ1n) is 6.25. The van der Waals surface area contributed by atoms with Crippen LogP contribution in [0.5, 0.6) is 0 Å². The Morgan fingerprint density at radius 2 is 2.10 bits per heavy atom. The lowest BCUT2D eigenvalue weighted by Gasteiger charge is -2.21. The van der Waals surface area contributed by atoms with Crippen LogP contribution in [0, 0.1) is 17.1 Å². The molecule has 1 rings (SSSR count). The van der Waals surface area contributed by atoms with Crippen molar-refractivity contribution in [1.29, 1.82) is 5.26 Å². The van der Waals surface area contributed by atoms with Gasteiger partial charge in [-0.3, -0.25) is 0 Å². The summed E-state index contributed by atoms with van der Waals surface area (Å²) in [5.41, 5.74) is -0.456. The van der Waals surface area contributed by atoms with E-state index in [-0.39, 0.29) is 24.6 Å². The summed E-state index contributed by atoms with van der Waals surface area (Å²) in [6.45, 7) is 4.60. The van der Waals surface area contributed by atoms with Gasteiger partial charge in [-0.25, -0.2) is 12.8 Å². The van der Waals surface area contributed by atoms with Crippen LogP contribution in [0.2, 0.25) is 0 Å². The van der Waals surface area contributed by atoms with E-state index in [1.807, 2.05) is 6.92 Å². The lowest BCUT2D eigenvalue weighted by atomic mass is 10.2. The van der Waals surface area contributed by atoms with Crippen LogP contribution < -0.4 is 0 Å². The predicted octanol–water partition coefficient (Wildman–Crippen LogP) is 1.74. The molecule has 1 aromatic rings. The molecule has 1 aromatic carbocycles. The summed E-state index contributed by atoms with van der Waals surface area (Å²) in [6.07, 6.45) is 0. The summed E-state index contributed by atoms with van der Waals surface area (Å²) in [4.78, 5) is -0.307. The zero-order valence-electron chi connectivity index (χ0n) is 11.5. The van der Waals surface area contributed by atoms with Gasteiger partial charge in [-0.2, -0.15) is 9.57 Å². The smallest absolute Gasteiger partial charge is 0.244 e. The molecule has 0 aliphatic heterocycles. The summed E-state index contributed by atoms with van der Waals surface area (Å²) >= 11 is 0. The average molecular weight is 300 g/mol. The standard InChI is InChI=1S/C13H17FN2O3S/c1-3-16(8-9-19-4-2)20(17,18)13-7-5-6-12(14)11(13)10-15/h5-7H,3-4,8-9H2,1-2H3. The van der Waals surface area contributed by atoms with E-state index in [0.717, 1.165) is 10.4 Å². The van der Waals surface area contributed by atoms with Crippen LogP contribution in [0.4, 0.5) is 4.39 Å². The van der Waals surface area contributed by atoms with Crippen molar-refractivity contribution < 1.29 is 17.5 Å². The van der Waals surface area contributed by atoms with Gasteiger partial charge in [0, 0.05) is 19.7 Å². The van der Waals surface area contributed by atoms with Gasteiger partial charge in [0.1, 0.15) is 22.3 Å². The number of benzene rings is 1. The molecule has 5 nitrogen and oxygen atoms in total. The van der Waals surface area contributed by atoms with Gasteiger partial charge in [0.2, 0.25) is 10.0 Å². The Kier molecular flexibility index (Phi) is 6.07. The highest BCUT2D eigenvalue weighted by atomic mass is 32.2. The zero-order chi connectivity index (χ0) is 15.2. The van der Waals surface area contributed by atoms with Crippen LogP contribution in [0.3, 0.4) is 0 Å². The van der Waals surface area contributed by atoms with Crippen molar-refractivity contribution in [1.82, 2.24) is 4.31 Å². The zero-order valence-corrected chi connectivity index (χ0v) is 12.3. The number of nitriles is 1. The molecular formula is C13H17FN2O3S. The Hall–Kier alpha value is -1.49. The fourth-order valence-corrected chi connectivity index (χ4v) is 3.31. The van der Waals surface area contributed by atoms with E-state index in [1.54, 1.807) is 13.0 Å². The van der Waals surface area contributed by atoms with E-state index in [4.69, 9.17) is 10.00 Å². The summed E-state index contributed by atoms with van der Waals surface area (Å²) in [5.74, 6) is -0.838. The van der Waals surface area contributed by atoms with Gasteiger partial charge in [-0.15, -0.1) is 0 Å². The number of ether oxygens (including phenoxy) is 1. The quantitative estimate of drug-likeness (QED) is 0.719. The molecule has 7 heteroatoms. The Labute approximate surface area is 118 Å². The van der Waals surface area contributed by atoms with E-state index >= 15 is 0 Å². The van der Waals surface area contributed by atoms with E-state index in [1.165, 1.54) is 12.1 Å². The van der Waals surface area contributed by atoms with Crippen molar-refractivity contribution in [3.63, 3.8) is 0 Å². The molecule has 0 aliphatic carbocycles. The Balaban J connectivity index is 3.15. The third-order valence-electron chi connectivity index (χ3n) is 2.75. The van der Waals surface area contributed by atoms with Gasteiger partial charge in [-0.1, -0.05) is 13.0 Å². The first kappa shape index (κ1) is 16.6. The fourth-order valence-electron chi connectivity index (χ4n) is 1.73. The van der Waals surface area contributed by atoms with Crippen molar-refractivity contribution in [2.75, 3.05) is 26.3 Å². The van der Waals surface area contributed by atoms with Crippen LogP contribution in [0.15, 0.2) is 23.1 Å². The van der Waals surface area contributed by atoms with Crippen molar-refractivity contribution >= 4 is 10.0 Å². The molecule has 0 bridgehead atoms. The molecule has 0 unspecified atom stereocenters. The molecule has 0 aliphatic rings. The molecule has 20 heavy (non-hydrogen) atoms. The molecule has 0 atom stereocenters. The van der Waals surface area contributed by atoms with Gasteiger partial charge < -0.3 is 4.74 Å². The monoisotopic (exact) mass is 300 g/mol. The van der Waals surface area contributed by atoms with E-state index in [0.29, 0.717) is 6.61 Å². The van der Waals surface area contributed by atoms with E-state index in [9.17, 15) is 12.8 Å². The second-order valence-corrected chi connectivity index (χ2v) is 5.82. The minimum atomic E-state index is -3.91. The topological polar surface area (TPSA) is 70.4 Å². The highest BCUT2D eigenvalue weighted by Crippen LogP contribution is 2.21. The van der Waals surface area contributed by atoms with Gasteiger partial charge in [-0.05, 0) is 19.1 Å². The molecule has 0 saturated carbocycles. The average Bonchev–Trinajstić information content (AvgIpc) is 2.43. The van der Waals surface area contributed by atoms with Crippen LogP contribution in [0.25, 0.3) is 0 Å². The summed E-state index contributed by atoms with van der Waals surface area (Å²) in [6, 6.07) is 5.18. The second kappa shape index (κ2) is 7.33. The largest absolute Gasteiger partial charge is 0.380 e. The maximum atomic E-state index is 13.5. The van der Waals surface area contributed by atoms with E-state index < -0.39 is 21.4 Å². The minimum Gasteiger partial charge on any atom is -0.380 e. The van der Waals surface area contributed by atoms with E-state index in [2.05, 4.69) is 0 Å². The molecule has 0 saturated heterocycles. The number of nitrogens with zero attached hydrogens (tertiary/aromatic N) is 2. The molecule has 0 N–H and O–H groups in total. The molecular weight excluding hydrogens is 283 g/mol. The molecule has 0 heterocycles. The molecule has 0 amide bonds. The highest BCUT2D eigenvalue weighted by Gasteiger charge is 2.27. The third kappa shape index (κ3) is 3.54. The number of sulfonamides is 1. The minimum absolute atomic E-state index is 0.161. The molecule has 0 radical (unpaired) electrons. The molecule has 0 aromatic heterocycles. The SMILES string of the molecule is CCOCCN(CC)S(=O)(=O)c1cccc(F)c1C#N. The summed E-state index contributed by atoms with van der Waals surface area (Å²) < 4.78 is 44.7. The van der Waals surface area contributed by atoms with Crippen LogP contribution in [-0.4, -0.2) is 39.0 Å². The van der Waals surface area contributed by atoms with Crippen LogP contribution in [-0.2, 0) is 14.8 Å². The number of hydrogen-bond donors (Lipinski definition) is 0. The summed E-state index contributed by atoms with van der Waals surface area (Å²) in [7, 11) is -3.91. The van der Waals surface area contributed by atoms with Crippen molar-refractivity contribution in [3.8, 4) is 6.07 Å². The lowest BCUT2D eigenvalue weighted by molar-refractivity contribution is 0.135. The molecule has 0 fully saturated rings.